The molecule has 4 nitrogen and oxygen atoms in total. The summed E-state index contributed by atoms with van der Waals surface area (Å²) in [6.07, 6.45) is 0.936. The summed E-state index contributed by atoms with van der Waals surface area (Å²) in [6, 6.07) is 8.34. The minimum absolute atomic E-state index is 0.0401. The third-order valence-electron chi connectivity index (χ3n) is 4.39. The molecule has 1 amide bonds. The molecule has 3 aromatic rings. The van der Waals surface area contributed by atoms with Crippen LogP contribution in [0, 0.1) is 13.8 Å². The maximum absolute atomic E-state index is 13.0. The molecule has 0 fully saturated rings. The third kappa shape index (κ3) is 3.56. The van der Waals surface area contributed by atoms with Crippen LogP contribution in [0.3, 0.4) is 0 Å². The highest BCUT2D eigenvalue weighted by atomic mass is 32.2. The summed E-state index contributed by atoms with van der Waals surface area (Å²) in [7, 11) is 0. The Labute approximate surface area is 165 Å². The number of hydrogen-bond donors (Lipinski definition) is 0. The number of thiophene rings is 2. The molecule has 7 heteroatoms. The monoisotopic (exact) mass is 401 g/mol. The molecule has 1 aliphatic heterocycles. The number of nitrogens with zero attached hydrogens (tertiary/aromatic N) is 3. The van der Waals surface area contributed by atoms with Crippen LogP contribution in [0.4, 0.5) is 0 Å². The highest BCUT2D eigenvalue weighted by molar-refractivity contribution is 7.99. The number of aromatic nitrogens is 2. The molecule has 0 aromatic carbocycles. The van der Waals surface area contributed by atoms with Crippen LogP contribution in [0.1, 0.15) is 32.7 Å². The topological polar surface area (TPSA) is 46.1 Å². The Bertz CT molecular complexity index is 900. The number of carbonyl (C=O) groups excluding carboxylic acids is 1. The lowest BCUT2D eigenvalue weighted by Gasteiger charge is -2.35. The number of rotatable bonds is 4. The van der Waals surface area contributed by atoms with Gasteiger partial charge >= 0.3 is 0 Å². The van der Waals surface area contributed by atoms with Crippen LogP contribution < -0.4 is 0 Å². The Morgan fingerprint density at radius 3 is 2.77 bits per heavy atom. The maximum Gasteiger partial charge on any atom is 0.233 e. The third-order valence-corrected chi connectivity index (χ3v) is 7.14. The van der Waals surface area contributed by atoms with Gasteiger partial charge in [0.25, 0.3) is 0 Å². The molecule has 4 rings (SSSR count). The zero-order chi connectivity index (χ0) is 18.1. The minimum atomic E-state index is 0.0401. The van der Waals surface area contributed by atoms with Crippen molar-refractivity contribution in [2.75, 3.05) is 12.3 Å². The van der Waals surface area contributed by atoms with E-state index in [1.165, 1.54) is 27.1 Å². The summed E-state index contributed by atoms with van der Waals surface area (Å²) in [4.78, 5) is 26.6. The standard InChI is InChI=1S/C19H19N3OS3/c1-12-10-13(2)21-19(20-12)26-11-17(23)22-7-5-15-14(6-9-25-15)18(22)16-4-3-8-24-16/h3-4,6,8-10,18H,5,7,11H2,1-2H3/t18-/m1/s1. The van der Waals surface area contributed by atoms with Gasteiger partial charge in [-0.2, -0.15) is 0 Å². The van der Waals surface area contributed by atoms with Gasteiger partial charge in [0.05, 0.1) is 11.8 Å². The van der Waals surface area contributed by atoms with Gasteiger partial charge in [-0.1, -0.05) is 17.8 Å². The Morgan fingerprint density at radius 1 is 1.23 bits per heavy atom. The average molecular weight is 402 g/mol. The predicted octanol–water partition coefficient (Wildman–Crippen LogP) is 4.48. The van der Waals surface area contributed by atoms with E-state index < -0.39 is 0 Å². The lowest BCUT2D eigenvalue weighted by atomic mass is 9.98. The van der Waals surface area contributed by atoms with Crippen molar-refractivity contribution in [2.24, 2.45) is 0 Å². The highest BCUT2D eigenvalue weighted by Gasteiger charge is 2.33. The zero-order valence-electron chi connectivity index (χ0n) is 14.6. The first-order valence-corrected chi connectivity index (χ1v) is 11.2. The molecule has 0 aliphatic carbocycles. The number of hydrogen-bond acceptors (Lipinski definition) is 6. The fourth-order valence-electron chi connectivity index (χ4n) is 3.31. The van der Waals surface area contributed by atoms with Crippen LogP contribution in [0.15, 0.2) is 40.2 Å². The summed E-state index contributed by atoms with van der Waals surface area (Å²) in [5.41, 5.74) is 3.15. The summed E-state index contributed by atoms with van der Waals surface area (Å²) in [6.45, 7) is 4.68. The first-order valence-electron chi connectivity index (χ1n) is 8.46. The van der Waals surface area contributed by atoms with Gasteiger partial charge in [0, 0.05) is 27.7 Å². The normalized spacial score (nSPS) is 16.5. The quantitative estimate of drug-likeness (QED) is 0.478. The van der Waals surface area contributed by atoms with Gasteiger partial charge in [-0.15, -0.1) is 22.7 Å². The largest absolute Gasteiger partial charge is 0.330 e. The van der Waals surface area contributed by atoms with E-state index in [0.717, 1.165) is 24.4 Å². The Morgan fingerprint density at radius 2 is 2.04 bits per heavy atom. The minimum Gasteiger partial charge on any atom is -0.330 e. The number of fused-ring (bicyclic) bond motifs is 1. The van der Waals surface area contributed by atoms with E-state index in [9.17, 15) is 4.79 Å². The van der Waals surface area contributed by atoms with E-state index >= 15 is 0 Å². The first kappa shape index (κ1) is 17.7. The van der Waals surface area contributed by atoms with Crippen LogP contribution >= 0.6 is 34.4 Å². The molecular formula is C19H19N3OS3. The molecule has 1 aliphatic rings. The molecule has 0 spiro atoms. The smallest absolute Gasteiger partial charge is 0.233 e. The Hall–Kier alpha value is -1.70. The molecule has 0 radical (unpaired) electrons. The van der Waals surface area contributed by atoms with Crippen molar-refractivity contribution in [2.45, 2.75) is 31.5 Å². The number of thioether (sulfide) groups is 1. The van der Waals surface area contributed by atoms with Crippen LogP contribution in [0.25, 0.3) is 0 Å². The molecule has 134 valence electrons. The second kappa shape index (κ2) is 7.50. The van der Waals surface area contributed by atoms with Crippen LogP contribution in [-0.2, 0) is 11.2 Å². The molecule has 0 saturated carbocycles. The van der Waals surface area contributed by atoms with Crippen molar-refractivity contribution >= 4 is 40.3 Å². The van der Waals surface area contributed by atoms with Crippen molar-refractivity contribution in [3.05, 3.63) is 61.7 Å². The second-order valence-corrected chi connectivity index (χ2v) is 9.20. The van der Waals surface area contributed by atoms with Crippen molar-refractivity contribution in [3.8, 4) is 0 Å². The molecule has 0 bridgehead atoms. The molecule has 26 heavy (non-hydrogen) atoms. The SMILES string of the molecule is Cc1cc(C)nc(SCC(=O)N2CCc3sccc3[C@@H]2c2cccs2)n1. The fraction of sp³-hybridized carbons (Fsp3) is 0.316. The van der Waals surface area contributed by atoms with Crippen LogP contribution in [-0.4, -0.2) is 33.1 Å². The van der Waals surface area contributed by atoms with Crippen LogP contribution in [0.5, 0.6) is 0 Å². The molecule has 3 aromatic heterocycles. The van der Waals surface area contributed by atoms with Crippen LogP contribution in [0.2, 0.25) is 0 Å². The summed E-state index contributed by atoms with van der Waals surface area (Å²) >= 11 is 4.94. The zero-order valence-corrected chi connectivity index (χ0v) is 17.1. The lowest BCUT2D eigenvalue weighted by molar-refractivity contribution is -0.130. The average Bonchev–Trinajstić information content (AvgIpc) is 3.29. The van der Waals surface area contributed by atoms with Gasteiger partial charge in [-0.25, -0.2) is 9.97 Å². The van der Waals surface area contributed by atoms with Gasteiger partial charge in [0.1, 0.15) is 0 Å². The van der Waals surface area contributed by atoms with E-state index in [0.29, 0.717) is 10.9 Å². The molecular weight excluding hydrogens is 382 g/mol. The van der Waals surface area contributed by atoms with Crippen molar-refractivity contribution in [3.63, 3.8) is 0 Å². The lowest BCUT2D eigenvalue weighted by Crippen LogP contribution is -2.40. The van der Waals surface area contributed by atoms with Crippen molar-refractivity contribution in [1.29, 1.82) is 0 Å². The Kier molecular flexibility index (Phi) is 5.11. The van der Waals surface area contributed by atoms with E-state index in [4.69, 9.17) is 0 Å². The van der Waals surface area contributed by atoms with Gasteiger partial charge in [0.15, 0.2) is 5.16 Å². The number of aryl methyl sites for hydroxylation is 2. The van der Waals surface area contributed by atoms with E-state index in [1.807, 2.05) is 24.8 Å². The van der Waals surface area contributed by atoms with Crippen molar-refractivity contribution in [1.82, 2.24) is 14.9 Å². The van der Waals surface area contributed by atoms with E-state index in [1.54, 1.807) is 22.7 Å². The number of amides is 1. The first-order chi connectivity index (χ1) is 12.6. The summed E-state index contributed by atoms with van der Waals surface area (Å²) in [5, 5.41) is 4.89. The van der Waals surface area contributed by atoms with Gasteiger partial charge in [0.2, 0.25) is 5.91 Å². The molecule has 0 saturated heterocycles. The van der Waals surface area contributed by atoms with Gasteiger partial charge < -0.3 is 4.90 Å². The number of carbonyl (C=O) groups is 1. The van der Waals surface area contributed by atoms with Crippen molar-refractivity contribution < 1.29 is 4.79 Å². The second-order valence-electron chi connectivity index (χ2n) is 6.28. The van der Waals surface area contributed by atoms with E-state index in [-0.39, 0.29) is 11.9 Å². The van der Waals surface area contributed by atoms with E-state index in [2.05, 4.69) is 38.9 Å². The molecule has 4 heterocycles. The molecule has 0 N–H and O–H groups in total. The van der Waals surface area contributed by atoms with Gasteiger partial charge in [-0.3, -0.25) is 4.79 Å². The summed E-state index contributed by atoms with van der Waals surface area (Å²) in [5.74, 6) is 0.512. The molecule has 0 unspecified atom stereocenters. The summed E-state index contributed by atoms with van der Waals surface area (Å²) < 4.78 is 0. The molecule has 1 atom stereocenters. The highest BCUT2D eigenvalue weighted by Crippen LogP contribution is 2.39. The Balaban J connectivity index is 1.54. The maximum atomic E-state index is 13.0. The fourth-order valence-corrected chi connectivity index (χ4v) is 5.90. The van der Waals surface area contributed by atoms with Gasteiger partial charge in [-0.05, 0) is 54.8 Å². The predicted molar refractivity (Wildman–Crippen MR) is 108 cm³/mol.